The third-order valence-electron chi connectivity index (χ3n) is 1.77. The smallest absolute Gasteiger partial charge is 0.133 e. The molecule has 0 radical (unpaired) electrons. The number of hydrogen-bond acceptors (Lipinski definition) is 2. The quantitative estimate of drug-likeness (QED) is 0.391. The predicted molar refractivity (Wildman–Crippen MR) is 53.5 cm³/mol. The van der Waals surface area contributed by atoms with Crippen molar-refractivity contribution in [1.29, 1.82) is 0 Å². The van der Waals surface area contributed by atoms with Gasteiger partial charge < -0.3 is 5.11 Å². The first-order valence-electron chi connectivity index (χ1n) is 4.08. The molecule has 0 amide bonds. The van der Waals surface area contributed by atoms with Crippen molar-refractivity contribution in [1.82, 2.24) is 0 Å². The van der Waals surface area contributed by atoms with Gasteiger partial charge in [0.25, 0.3) is 0 Å². The maximum Gasteiger partial charge on any atom is 0.133 e. The van der Waals surface area contributed by atoms with Gasteiger partial charge in [-0.05, 0) is 25.3 Å². The molecule has 0 aliphatic carbocycles. The minimum atomic E-state index is 0.0410. The molecule has 68 valence electrons. The predicted octanol–water partition coefficient (Wildman–Crippen LogP) is 3.08. The average molecular weight is 167 g/mol. The van der Waals surface area contributed by atoms with E-state index in [9.17, 15) is 5.11 Å². The van der Waals surface area contributed by atoms with Crippen LogP contribution in [0.1, 0.15) is 27.7 Å². The lowest BCUT2D eigenvalue weighted by molar-refractivity contribution is 0.422. The van der Waals surface area contributed by atoms with Gasteiger partial charge in [0.2, 0.25) is 0 Å². The Bertz CT molecular complexity index is 224. The Labute approximate surface area is 74.3 Å². The summed E-state index contributed by atoms with van der Waals surface area (Å²) in [5.74, 6) is 0.423. The SMILES string of the molecule is C=C(O)C(/N=C\C)=C(/C)C(C)C. The summed E-state index contributed by atoms with van der Waals surface area (Å²) in [5.41, 5.74) is 1.66. The van der Waals surface area contributed by atoms with Gasteiger partial charge in [0, 0.05) is 6.21 Å². The molecule has 0 aliphatic heterocycles. The molecule has 0 unspecified atom stereocenters. The van der Waals surface area contributed by atoms with E-state index >= 15 is 0 Å². The van der Waals surface area contributed by atoms with Gasteiger partial charge in [0.15, 0.2) is 0 Å². The van der Waals surface area contributed by atoms with Crippen LogP contribution in [0.4, 0.5) is 0 Å². The van der Waals surface area contributed by atoms with Crippen LogP contribution in [0.25, 0.3) is 0 Å². The number of aliphatic hydroxyl groups is 1. The summed E-state index contributed by atoms with van der Waals surface area (Å²) < 4.78 is 0. The summed E-state index contributed by atoms with van der Waals surface area (Å²) in [4.78, 5) is 4.05. The van der Waals surface area contributed by atoms with Crippen LogP contribution in [0.3, 0.4) is 0 Å². The standard InChI is InChI=1S/C10H17NO/c1-6-11-10(9(5)12)8(4)7(2)3/h6-7,12H,5H2,1-4H3/b10-8+,11-6-. The fraction of sp³-hybridized carbons (Fsp3) is 0.500. The highest BCUT2D eigenvalue weighted by Gasteiger charge is 2.06. The molecular formula is C10H17NO. The zero-order chi connectivity index (χ0) is 9.72. The van der Waals surface area contributed by atoms with Gasteiger partial charge in [0.05, 0.1) is 0 Å². The van der Waals surface area contributed by atoms with Crippen molar-refractivity contribution in [3.63, 3.8) is 0 Å². The molecule has 0 bridgehead atoms. The van der Waals surface area contributed by atoms with Gasteiger partial charge in [-0.2, -0.15) is 0 Å². The molecule has 0 rings (SSSR count). The van der Waals surface area contributed by atoms with E-state index in [1.807, 2.05) is 13.8 Å². The molecule has 0 aromatic rings. The molecule has 0 aliphatic rings. The third kappa shape index (κ3) is 2.91. The Kier molecular flexibility index (Phi) is 4.34. The first-order chi connectivity index (χ1) is 5.50. The van der Waals surface area contributed by atoms with Crippen molar-refractivity contribution in [2.24, 2.45) is 10.9 Å². The summed E-state index contributed by atoms with van der Waals surface area (Å²) >= 11 is 0. The Hall–Kier alpha value is -1.05. The third-order valence-corrected chi connectivity index (χ3v) is 1.77. The molecule has 2 nitrogen and oxygen atoms in total. The lowest BCUT2D eigenvalue weighted by Gasteiger charge is -2.09. The number of aliphatic imine (C=N–C) groups is 1. The molecule has 1 N–H and O–H groups in total. The average Bonchev–Trinajstić information content (AvgIpc) is 1.98. The molecule has 0 spiro atoms. The Morgan fingerprint density at radius 1 is 1.50 bits per heavy atom. The molecule has 0 fully saturated rings. The zero-order valence-electron chi connectivity index (χ0n) is 8.26. The second kappa shape index (κ2) is 4.75. The van der Waals surface area contributed by atoms with Crippen molar-refractivity contribution in [3.05, 3.63) is 23.6 Å². The van der Waals surface area contributed by atoms with Gasteiger partial charge in [-0.15, -0.1) is 0 Å². The van der Waals surface area contributed by atoms with Crippen molar-refractivity contribution < 1.29 is 5.11 Å². The van der Waals surface area contributed by atoms with Crippen LogP contribution in [0.2, 0.25) is 0 Å². The summed E-state index contributed by atoms with van der Waals surface area (Å²) in [5, 5.41) is 9.20. The van der Waals surface area contributed by atoms with E-state index in [1.165, 1.54) is 0 Å². The topological polar surface area (TPSA) is 32.6 Å². The van der Waals surface area contributed by atoms with Crippen molar-refractivity contribution >= 4 is 6.21 Å². The molecule has 0 saturated carbocycles. The molecule has 0 atom stereocenters. The highest BCUT2D eigenvalue weighted by Crippen LogP contribution is 2.18. The maximum atomic E-state index is 9.20. The highest BCUT2D eigenvalue weighted by molar-refractivity contribution is 5.57. The first-order valence-corrected chi connectivity index (χ1v) is 4.08. The minimum Gasteiger partial charge on any atom is -0.506 e. The van der Waals surface area contributed by atoms with Crippen LogP contribution in [0.5, 0.6) is 0 Å². The largest absolute Gasteiger partial charge is 0.506 e. The molecule has 2 heteroatoms. The fourth-order valence-electron chi connectivity index (χ4n) is 0.806. The molecule has 0 saturated heterocycles. The van der Waals surface area contributed by atoms with E-state index in [2.05, 4.69) is 25.4 Å². The van der Waals surface area contributed by atoms with Crippen molar-refractivity contribution in [3.8, 4) is 0 Å². The van der Waals surface area contributed by atoms with Crippen LogP contribution in [0.15, 0.2) is 28.6 Å². The molecule has 0 aromatic carbocycles. The van der Waals surface area contributed by atoms with E-state index in [1.54, 1.807) is 6.21 Å². The molecular weight excluding hydrogens is 150 g/mol. The van der Waals surface area contributed by atoms with Crippen LogP contribution in [-0.4, -0.2) is 11.3 Å². The lowest BCUT2D eigenvalue weighted by atomic mass is 10.0. The van der Waals surface area contributed by atoms with Gasteiger partial charge in [-0.1, -0.05) is 20.4 Å². The minimum absolute atomic E-state index is 0.0410. The van der Waals surface area contributed by atoms with Crippen LogP contribution < -0.4 is 0 Å². The summed E-state index contributed by atoms with van der Waals surface area (Å²) in [6.07, 6.45) is 1.66. The normalized spacial score (nSPS) is 13.8. The van der Waals surface area contributed by atoms with E-state index in [0.717, 1.165) is 5.57 Å². The Balaban J connectivity index is 4.93. The summed E-state index contributed by atoms with van der Waals surface area (Å²) in [6.45, 7) is 11.3. The van der Waals surface area contributed by atoms with Crippen LogP contribution in [-0.2, 0) is 0 Å². The summed E-state index contributed by atoms with van der Waals surface area (Å²) in [7, 11) is 0. The molecule has 0 aromatic heterocycles. The number of allylic oxidation sites excluding steroid dienone is 1. The molecule has 12 heavy (non-hydrogen) atoms. The lowest BCUT2D eigenvalue weighted by Crippen LogP contribution is -1.96. The van der Waals surface area contributed by atoms with E-state index in [-0.39, 0.29) is 5.76 Å². The van der Waals surface area contributed by atoms with Crippen molar-refractivity contribution in [2.75, 3.05) is 0 Å². The van der Waals surface area contributed by atoms with E-state index in [0.29, 0.717) is 11.6 Å². The van der Waals surface area contributed by atoms with Gasteiger partial charge in [-0.3, -0.25) is 4.99 Å². The van der Waals surface area contributed by atoms with Gasteiger partial charge in [-0.25, -0.2) is 0 Å². The monoisotopic (exact) mass is 167 g/mol. The second-order valence-electron chi connectivity index (χ2n) is 3.02. The number of rotatable bonds is 3. The second-order valence-corrected chi connectivity index (χ2v) is 3.02. The van der Waals surface area contributed by atoms with Gasteiger partial charge in [0.1, 0.15) is 11.5 Å². The van der Waals surface area contributed by atoms with Crippen molar-refractivity contribution in [2.45, 2.75) is 27.7 Å². The van der Waals surface area contributed by atoms with E-state index < -0.39 is 0 Å². The van der Waals surface area contributed by atoms with E-state index in [4.69, 9.17) is 0 Å². The number of aliphatic hydroxyl groups excluding tert-OH is 1. The fourth-order valence-corrected chi connectivity index (χ4v) is 0.806. The van der Waals surface area contributed by atoms with Gasteiger partial charge >= 0.3 is 0 Å². The summed E-state index contributed by atoms with van der Waals surface area (Å²) in [6, 6.07) is 0. The maximum absolute atomic E-state index is 9.20. The number of hydrogen-bond donors (Lipinski definition) is 1. The number of nitrogens with zero attached hydrogens (tertiary/aromatic N) is 1. The Morgan fingerprint density at radius 2 is 2.00 bits per heavy atom. The van der Waals surface area contributed by atoms with Crippen LogP contribution in [0, 0.1) is 5.92 Å². The van der Waals surface area contributed by atoms with Crippen LogP contribution >= 0.6 is 0 Å². The Morgan fingerprint density at radius 3 is 2.25 bits per heavy atom. The first kappa shape index (κ1) is 11.0. The highest BCUT2D eigenvalue weighted by atomic mass is 16.3. The zero-order valence-corrected chi connectivity index (χ0v) is 8.26. The molecule has 0 heterocycles.